The molecule has 0 saturated carbocycles. The zero-order chi connectivity index (χ0) is 22.6. The Bertz CT molecular complexity index is 1180. The summed E-state index contributed by atoms with van der Waals surface area (Å²) in [5.41, 5.74) is 2.36. The number of ether oxygens (including phenoxy) is 1. The van der Waals surface area contributed by atoms with Gasteiger partial charge in [0.2, 0.25) is 0 Å². The van der Waals surface area contributed by atoms with E-state index in [0.717, 1.165) is 24.4 Å². The Labute approximate surface area is 198 Å². The lowest BCUT2D eigenvalue weighted by atomic mass is 9.93. The van der Waals surface area contributed by atoms with E-state index in [-0.39, 0.29) is 12.0 Å². The van der Waals surface area contributed by atoms with Gasteiger partial charge in [-0.05, 0) is 66.7 Å². The molecule has 1 unspecified atom stereocenters. The summed E-state index contributed by atoms with van der Waals surface area (Å²) in [5.74, 6) is -0.0617. The van der Waals surface area contributed by atoms with Crippen LogP contribution in [-0.4, -0.2) is 29.1 Å². The predicted molar refractivity (Wildman–Crippen MR) is 133 cm³/mol. The highest BCUT2D eigenvalue weighted by Crippen LogP contribution is 2.39. The van der Waals surface area contributed by atoms with E-state index in [1.165, 1.54) is 20.5 Å². The third-order valence-electron chi connectivity index (χ3n) is 6.40. The van der Waals surface area contributed by atoms with Gasteiger partial charge in [-0.25, -0.2) is 0 Å². The second-order valence-electron chi connectivity index (χ2n) is 8.58. The molecule has 33 heavy (non-hydrogen) atoms. The van der Waals surface area contributed by atoms with E-state index in [2.05, 4.69) is 59.5 Å². The molecule has 1 aliphatic heterocycles. The van der Waals surface area contributed by atoms with Crippen molar-refractivity contribution in [2.24, 2.45) is 5.92 Å². The number of carbonyl (C=O) groups is 1. The largest absolute Gasteiger partial charge is 0.489 e. The minimum Gasteiger partial charge on any atom is -0.489 e. The van der Waals surface area contributed by atoms with Crippen molar-refractivity contribution in [1.29, 1.82) is 0 Å². The van der Waals surface area contributed by atoms with Crippen molar-refractivity contribution in [2.45, 2.75) is 25.5 Å². The van der Waals surface area contributed by atoms with Crippen LogP contribution in [0.1, 0.15) is 34.9 Å². The fraction of sp³-hybridized carbons (Fsp3) is 0.250. The number of carboxylic acids is 1. The highest BCUT2D eigenvalue weighted by molar-refractivity contribution is 7.19. The quantitative estimate of drug-likeness (QED) is 0.350. The fourth-order valence-corrected chi connectivity index (χ4v) is 5.81. The molecule has 0 aliphatic carbocycles. The predicted octanol–water partition coefficient (Wildman–Crippen LogP) is 6.37. The van der Waals surface area contributed by atoms with Crippen LogP contribution < -0.4 is 4.74 Å². The molecule has 1 aromatic heterocycles. The Morgan fingerprint density at radius 2 is 1.67 bits per heavy atom. The summed E-state index contributed by atoms with van der Waals surface area (Å²) in [6.45, 7) is 2.10. The van der Waals surface area contributed by atoms with Gasteiger partial charge in [0.15, 0.2) is 0 Å². The maximum atomic E-state index is 11.5. The number of rotatable bonds is 7. The number of thiophene rings is 1. The number of likely N-dealkylation sites (tertiary alicyclic amines) is 1. The van der Waals surface area contributed by atoms with E-state index in [9.17, 15) is 9.90 Å². The van der Waals surface area contributed by atoms with Crippen molar-refractivity contribution >= 4 is 27.4 Å². The van der Waals surface area contributed by atoms with E-state index in [1.54, 1.807) is 0 Å². The first kappa shape index (κ1) is 21.7. The van der Waals surface area contributed by atoms with Crippen LogP contribution >= 0.6 is 11.3 Å². The molecule has 0 bridgehead atoms. The monoisotopic (exact) mass is 457 g/mol. The second-order valence-corrected chi connectivity index (χ2v) is 9.70. The topological polar surface area (TPSA) is 49.8 Å². The minimum atomic E-state index is -0.673. The highest BCUT2D eigenvalue weighted by Gasteiger charge is 2.31. The van der Waals surface area contributed by atoms with E-state index in [0.29, 0.717) is 19.4 Å². The van der Waals surface area contributed by atoms with Gasteiger partial charge in [0, 0.05) is 9.58 Å². The summed E-state index contributed by atoms with van der Waals surface area (Å²) >= 11 is 1.82. The number of hydrogen-bond acceptors (Lipinski definition) is 4. The van der Waals surface area contributed by atoms with E-state index in [1.807, 2.05) is 41.7 Å². The van der Waals surface area contributed by atoms with Gasteiger partial charge in [0.25, 0.3) is 0 Å². The van der Waals surface area contributed by atoms with Gasteiger partial charge >= 0.3 is 5.97 Å². The summed E-state index contributed by atoms with van der Waals surface area (Å²) in [6.07, 6.45) is 1.38. The average molecular weight is 458 g/mol. The minimum absolute atomic E-state index is 0.111. The fourth-order valence-electron chi connectivity index (χ4n) is 4.58. The molecule has 1 aliphatic rings. The standard InChI is InChI=1S/C28H27NO3S/c30-28(31)22-14-16-29(17-15-22)27(26-18-23-8-4-5-9-25(23)33-26)21-10-12-24(13-11-21)32-19-20-6-2-1-3-7-20/h1-13,18,22,27H,14-17,19H2,(H,30,31). The molecule has 1 N–H and O–H groups in total. The van der Waals surface area contributed by atoms with Crippen LogP contribution in [0.5, 0.6) is 5.75 Å². The molecule has 4 aromatic rings. The molecule has 4 nitrogen and oxygen atoms in total. The van der Waals surface area contributed by atoms with Gasteiger partial charge in [-0.15, -0.1) is 11.3 Å². The SMILES string of the molecule is O=C(O)C1CCN(C(c2ccc(OCc3ccccc3)cc2)c2cc3ccccc3s2)CC1. The molecule has 5 rings (SSSR count). The molecule has 168 valence electrons. The van der Waals surface area contributed by atoms with Crippen LogP contribution in [0.4, 0.5) is 0 Å². The summed E-state index contributed by atoms with van der Waals surface area (Å²) in [7, 11) is 0. The molecule has 1 saturated heterocycles. The highest BCUT2D eigenvalue weighted by atomic mass is 32.1. The Hall–Kier alpha value is -3.15. The average Bonchev–Trinajstić information content (AvgIpc) is 3.28. The lowest BCUT2D eigenvalue weighted by Crippen LogP contribution is -2.39. The Balaban J connectivity index is 1.39. The van der Waals surface area contributed by atoms with E-state index >= 15 is 0 Å². The van der Waals surface area contributed by atoms with Gasteiger partial charge < -0.3 is 9.84 Å². The Morgan fingerprint density at radius 3 is 2.36 bits per heavy atom. The van der Waals surface area contributed by atoms with Crippen LogP contribution in [-0.2, 0) is 11.4 Å². The van der Waals surface area contributed by atoms with Gasteiger partial charge in [-0.3, -0.25) is 9.69 Å². The number of hydrogen-bond donors (Lipinski definition) is 1. The van der Waals surface area contributed by atoms with Gasteiger partial charge in [-0.1, -0.05) is 60.7 Å². The zero-order valence-corrected chi connectivity index (χ0v) is 19.2. The number of piperidine rings is 1. The second kappa shape index (κ2) is 9.77. The third kappa shape index (κ3) is 4.95. The molecule has 0 amide bonds. The van der Waals surface area contributed by atoms with E-state index in [4.69, 9.17) is 4.74 Å². The van der Waals surface area contributed by atoms with Crippen molar-refractivity contribution in [3.8, 4) is 5.75 Å². The molecule has 2 heterocycles. The molecule has 3 aromatic carbocycles. The normalized spacial score (nSPS) is 16.0. The summed E-state index contributed by atoms with van der Waals surface area (Å²) in [5, 5.41) is 10.7. The van der Waals surface area contributed by atoms with Crippen molar-refractivity contribution in [3.05, 3.63) is 101 Å². The van der Waals surface area contributed by atoms with Crippen LogP contribution in [0.3, 0.4) is 0 Å². The number of nitrogens with zero attached hydrogens (tertiary/aromatic N) is 1. The number of fused-ring (bicyclic) bond motifs is 1. The van der Waals surface area contributed by atoms with Crippen molar-refractivity contribution in [1.82, 2.24) is 4.90 Å². The molecule has 1 atom stereocenters. The molecule has 0 radical (unpaired) electrons. The summed E-state index contributed by atoms with van der Waals surface area (Å²) < 4.78 is 7.27. The first-order valence-electron chi connectivity index (χ1n) is 11.4. The lowest BCUT2D eigenvalue weighted by molar-refractivity contribution is -0.143. The van der Waals surface area contributed by atoms with Gasteiger partial charge in [-0.2, -0.15) is 0 Å². The van der Waals surface area contributed by atoms with Crippen LogP contribution in [0.2, 0.25) is 0 Å². The maximum absolute atomic E-state index is 11.5. The molecule has 1 fully saturated rings. The number of benzene rings is 3. The van der Waals surface area contributed by atoms with Crippen LogP contribution in [0.25, 0.3) is 10.1 Å². The summed E-state index contributed by atoms with van der Waals surface area (Å²) in [6, 6.07) is 29.4. The first-order valence-corrected chi connectivity index (χ1v) is 12.2. The van der Waals surface area contributed by atoms with Crippen molar-refractivity contribution < 1.29 is 14.6 Å². The Morgan fingerprint density at radius 1 is 0.970 bits per heavy atom. The third-order valence-corrected chi connectivity index (χ3v) is 7.57. The zero-order valence-electron chi connectivity index (χ0n) is 18.4. The van der Waals surface area contributed by atoms with E-state index < -0.39 is 5.97 Å². The smallest absolute Gasteiger partial charge is 0.306 e. The van der Waals surface area contributed by atoms with Gasteiger partial charge in [0.05, 0.1) is 12.0 Å². The van der Waals surface area contributed by atoms with Gasteiger partial charge in [0.1, 0.15) is 12.4 Å². The molecule has 5 heteroatoms. The van der Waals surface area contributed by atoms with Crippen LogP contribution in [0, 0.1) is 5.92 Å². The number of carboxylic acid groups (broad SMARTS) is 1. The first-order chi connectivity index (χ1) is 16.2. The number of aliphatic carboxylic acids is 1. The van der Waals surface area contributed by atoms with Crippen molar-refractivity contribution in [3.63, 3.8) is 0 Å². The van der Waals surface area contributed by atoms with Crippen LogP contribution in [0.15, 0.2) is 84.9 Å². The molecular formula is C28H27NO3S. The Kier molecular flexibility index (Phi) is 6.42. The molecule has 0 spiro atoms. The summed E-state index contributed by atoms with van der Waals surface area (Å²) in [4.78, 5) is 15.2. The van der Waals surface area contributed by atoms with Crippen molar-refractivity contribution in [2.75, 3.05) is 13.1 Å². The lowest BCUT2D eigenvalue weighted by Gasteiger charge is -2.36. The molecular weight excluding hydrogens is 430 g/mol. The maximum Gasteiger partial charge on any atom is 0.306 e.